The highest BCUT2D eigenvalue weighted by Gasteiger charge is 2.58. The van der Waals surface area contributed by atoms with Gasteiger partial charge in [0, 0.05) is 21.9 Å². The molecule has 5 nitrogen and oxygen atoms in total. The molecule has 0 N–H and O–H groups in total. The van der Waals surface area contributed by atoms with Gasteiger partial charge in [0.1, 0.15) is 5.60 Å². The number of hydrogen-bond donors (Lipinski definition) is 0. The fraction of sp³-hybridized carbons (Fsp3) is 0.526. The van der Waals surface area contributed by atoms with Crippen molar-refractivity contribution in [3.63, 3.8) is 0 Å². The molecule has 25 heavy (non-hydrogen) atoms. The summed E-state index contributed by atoms with van der Waals surface area (Å²) in [4.78, 5) is 37.7. The lowest BCUT2D eigenvalue weighted by molar-refractivity contribution is -0.157. The molecule has 0 unspecified atom stereocenters. The second-order valence-corrected chi connectivity index (χ2v) is 7.58. The zero-order valence-electron chi connectivity index (χ0n) is 14.9. The molecule has 0 aliphatic carbocycles. The maximum atomic E-state index is 13.1. The van der Waals surface area contributed by atoms with Gasteiger partial charge in [0.05, 0.1) is 6.61 Å². The van der Waals surface area contributed by atoms with E-state index in [2.05, 4.69) is 15.9 Å². The average molecular weight is 411 g/mol. The van der Waals surface area contributed by atoms with Crippen LogP contribution in [-0.2, 0) is 19.1 Å². The Morgan fingerprint density at radius 1 is 1.24 bits per heavy atom. The minimum Gasteiger partial charge on any atom is -0.465 e. The first kappa shape index (κ1) is 19.6. The Kier molecular flexibility index (Phi) is 6.03. The molecule has 1 aromatic carbocycles. The lowest BCUT2D eigenvalue weighted by atomic mass is 9.70. The van der Waals surface area contributed by atoms with Gasteiger partial charge in [0.2, 0.25) is 0 Å². The van der Waals surface area contributed by atoms with Crippen molar-refractivity contribution in [3.8, 4) is 0 Å². The molecule has 1 aliphatic heterocycles. The second kappa shape index (κ2) is 7.68. The predicted molar refractivity (Wildman–Crippen MR) is 96.0 cm³/mol. The van der Waals surface area contributed by atoms with Crippen LogP contribution in [0.2, 0.25) is 0 Å². The molecule has 1 heterocycles. The summed E-state index contributed by atoms with van der Waals surface area (Å²) < 4.78 is 11.4. The van der Waals surface area contributed by atoms with E-state index in [-0.39, 0.29) is 12.4 Å². The molecule has 6 heteroatoms. The van der Waals surface area contributed by atoms with E-state index in [9.17, 15) is 14.4 Å². The molecule has 0 aromatic heterocycles. The largest absolute Gasteiger partial charge is 0.465 e. The third kappa shape index (κ3) is 3.94. The van der Waals surface area contributed by atoms with E-state index >= 15 is 0 Å². The van der Waals surface area contributed by atoms with E-state index in [4.69, 9.17) is 9.47 Å². The number of Topliss-reactive ketones (excluding diaryl/α,β-unsaturated/α-hetero) is 1. The molecule has 0 radical (unpaired) electrons. The van der Waals surface area contributed by atoms with Crippen LogP contribution < -0.4 is 0 Å². The molecular weight excluding hydrogens is 388 g/mol. The first-order valence-electron chi connectivity index (χ1n) is 8.42. The van der Waals surface area contributed by atoms with E-state index in [1.165, 1.54) is 0 Å². The third-order valence-electron chi connectivity index (χ3n) is 4.66. The summed E-state index contributed by atoms with van der Waals surface area (Å²) in [5.41, 5.74) is -0.368. The first-order chi connectivity index (χ1) is 11.7. The highest BCUT2D eigenvalue weighted by Crippen LogP contribution is 2.44. The number of cyclic esters (lactones) is 1. The number of ketones is 1. The Morgan fingerprint density at radius 2 is 1.84 bits per heavy atom. The molecule has 2 rings (SSSR count). The van der Waals surface area contributed by atoms with Gasteiger partial charge in [-0.05, 0) is 39.3 Å². The average Bonchev–Trinajstić information content (AvgIpc) is 2.78. The van der Waals surface area contributed by atoms with Crippen molar-refractivity contribution in [2.45, 2.75) is 39.7 Å². The lowest BCUT2D eigenvalue weighted by Crippen LogP contribution is -2.42. The Bertz CT molecular complexity index is 665. The molecule has 3 atom stereocenters. The zero-order valence-corrected chi connectivity index (χ0v) is 16.5. The summed E-state index contributed by atoms with van der Waals surface area (Å²) in [5.74, 6) is -3.49. The summed E-state index contributed by atoms with van der Waals surface area (Å²) in [6.45, 7) is 7.22. The monoisotopic (exact) mass is 410 g/mol. The molecule has 1 saturated heterocycles. The van der Waals surface area contributed by atoms with Crippen molar-refractivity contribution >= 4 is 33.7 Å². The topological polar surface area (TPSA) is 69.7 Å². The fourth-order valence-corrected chi connectivity index (χ4v) is 3.83. The molecule has 0 saturated carbocycles. The maximum absolute atomic E-state index is 13.1. The van der Waals surface area contributed by atoms with Gasteiger partial charge in [-0.15, -0.1) is 0 Å². The van der Waals surface area contributed by atoms with Crippen molar-refractivity contribution in [2.75, 3.05) is 6.61 Å². The SMILES string of the molecule is CCOC(=O)[C@H]1C(=O)OC(C)(C)[C@H]1[C@H](CC)C(=O)c1ccc(Br)cc1. The summed E-state index contributed by atoms with van der Waals surface area (Å²) in [5, 5.41) is 0. The van der Waals surface area contributed by atoms with Gasteiger partial charge in [0.15, 0.2) is 11.7 Å². The van der Waals surface area contributed by atoms with Crippen molar-refractivity contribution < 1.29 is 23.9 Å². The van der Waals surface area contributed by atoms with Gasteiger partial charge >= 0.3 is 11.9 Å². The van der Waals surface area contributed by atoms with E-state index in [0.29, 0.717) is 12.0 Å². The highest BCUT2D eigenvalue weighted by molar-refractivity contribution is 9.10. The normalized spacial score (nSPS) is 23.0. The summed E-state index contributed by atoms with van der Waals surface area (Å²) in [6, 6.07) is 7.06. The van der Waals surface area contributed by atoms with Crippen molar-refractivity contribution in [3.05, 3.63) is 34.3 Å². The van der Waals surface area contributed by atoms with E-state index in [1.54, 1.807) is 45.0 Å². The predicted octanol–water partition coefficient (Wildman–Crippen LogP) is 3.79. The van der Waals surface area contributed by atoms with Crippen LogP contribution in [0.5, 0.6) is 0 Å². The standard InChI is InChI=1S/C19H23BrO5/c1-5-13(16(21)11-7-9-12(20)10-8-11)15-14(17(22)24-6-2)18(23)25-19(15,3)4/h7-10,13-15H,5-6H2,1-4H3/t13-,14-,15-/m0/s1. The molecule has 0 bridgehead atoms. The van der Waals surface area contributed by atoms with Crippen LogP contribution in [0, 0.1) is 17.8 Å². The Balaban J connectivity index is 2.40. The Labute approximate surface area is 156 Å². The third-order valence-corrected chi connectivity index (χ3v) is 5.19. The minimum atomic E-state index is -1.07. The van der Waals surface area contributed by atoms with Crippen molar-refractivity contribution in [1.29, 1.82) is 0 Å². The minimum absolute atomic E-state index is 0.0966. The number of ether oxygens (including phenoxy) is 2. The molecule has 1 aromatic rings. The fourth-order valence-electron chi connectivity index (χ4n) is 3.56. The van der Waals surface area contributed by atoms with Crippen LogP contribution in [-0.4, -0.2) is 29.9 Å². The molecule has 136 valence electrons. The second-order valence-electron chi connectivity index (χ2n) is 6.67. The number of halogens is 1. The number of rotatable bonds is 6. The van der Waals surface area contributed by atoms with Crippen molar-refractivity contribution in [2.24, 2.45) is 17.8 Å². The molecular formula is C19H23BrO5. The number of carbonyl (C=O) groups is 3. The maximum Gasteiger partial charge on any atom is 0.321 e. The summed E-state index contributed by atoms with van der Waals surface area (Å²) in [7, 11) is 0. The van der Waals surface area contributed by atoms with Crippen LogP contribution in [0.25, 0.3) is 0 Å². The Morgan fingerprint density at radius 3 is 2.36 bits per heavy atom. The van der Waals surface area contributed by atoms with Gasteiger partial charge < -0.3 is 9.47 Å². The van der Waals surface area contributed by atoms with E-state index in [0.717, 1.165) is 4.47 Å². The van der Waals surface area contributed by atoms with E-state index in [1.807, 2.05) is 6.92 Å². The quantitative estimate of drug-likeness (QED) is 0.405. The van der Waals surface area contributed by atoms with Gasteiger partial charge in [0.25, 0.3) is 0 Å². The summed E-state index contributed by atoms with van der Waals surface area (Å²) >= 11 is 3.35. The van der Waals surface area contributed by atoms with Crippen molar-refractivity contribution in [1.82, 2.24) is 0 Å². The molecule has 1 aliphatic rings. The van der Waals surface area contributed by atoms with Crippen LogP contribution in [0.1, 0.15) is 44.5 Å². The number of hydrogen-bond acceptors (Lipinski definition) is 5. The first-order valence-corrected chi connectivity index (χ1v) is 9.21. The molecule has 1 fully saturated rings. The number of benzene rings is 1. The van der Waals surface area contributed by atoms with Gasteiger partial charge in [-0.2, -0.15) is 0 Å². The van der Waals surface area contributed by atoms with Crippen LogP contribution in [0.3, 0.4) is 0 Å². The van der Waals surface area contributed by atoms with Gasteiger partial charge in [-0.25, -0.2) is 0 Å². The van der Waals surface area contributed by atoms with Crippen LogP contribution in [0.4, 0.5) is 0 Å². The Hall–Kier alpha value is -1.69. The smallest absolute Gasteiger partial charge is 0.321 e. The highest BCUT2D eigenvalue weighted by atomic mass is 79.9. The lowest BCUT2D eigenvalue weighted by Gasteiger charge is -2.32. The zero-order chi connectivity index (χ0) is 18.8. The van der Waals surface area contributed by atoms with Gasteiger partial charge in [-0.3, -0.25) is 14.4 Å². The van der Waals surface area contributed by atoms with Crippen LogP contribution in [0.15, 0.2) is 28.7 Å². The number of esters is 2. The number of carbonyl (C=O) groups excluding carboxylic acids is 3. The molecule has 0 amide bonds. The van der Waals surface area contributed by atoms with Gasteiger partial charge in [-0.1, -0.05) is 35.0 Å². The van der Waals surface area contributed by atoms with E-state index < -0.39 is 35.3 Å². The van der Waals surface area contributed by atoms with Crippen LogP contribution >= 0.6 is 15.9 Å². The molecule has 0 spiro atoms. The summed E-state index contributed by atoms with van der Waals surface area (Å²) in [6.07, 6.45) is 0.496.